The fourth-order valence-corrected chi connectivity index (χ4v) is 0.868. The topological polar surface area (TPSA) is 156 Å². The maximum absolute atomic E-state index is 10.4. The Hall–Kier alpha value is -0.900. The van der Waals surface area contributed by atoms with Crippen LogP contribution in [0.1, 0.15) is 6.42 Å². The third-order valence-corrected chi connectivity index (χ3v) is 1.95. The molecule has 0 bridgehead atoms. The summed E-state index contributed by atoms with van der Waals surface area (Å²) in [4.78, 5) is 19.0. The monoisotopic (exact) mass is 197 g/mol. The van der Waals surface area contributed by atoms with Gasteiger partial charge in [0, 0.05) is 0 Å². The lowest BCUT2D eigenvalue weighted by atomic mass is 10.4. The van der Waals surface area contributed by atoms with Gasteiger partial charge in [-0.05, 0) is 0 Å². The molecule has 0 rings (SSSR count). The summed E-state index contributed by atoms with van der Waals surface area (Å²) in [6.45, 7) is 0. The molecule has 0 aliphatic carbocycles. The van der Waals surface area contributed by atoms with Crippen LogP contribution in [0.25, 0.3) is 0 Å². The summed E-state index contributed by atoms with van der Waals surface area (Å²) in [5.41, 5.74) is 4.56. The molecule has 0 spiro atoms. The van der Waals surface area contributed by atoms with Crippen molar-refractivity contribution in [2.45, 2.75) is 11.5 Å². The lowest BCUT2D eigenvalue weighted by Gasteiger charge is -2.15. The second kappa shape index (κ2) is 3.67. The zero-order chi connectivity index (χ0) is 9.94. The van der Waals surface area contributed by atoms with E-state index < -0.39 is 33.7 Å². The summed E-state index contributed by atoms with van der Waals surface area (Å²) in [5, 5.41) is 20.6. The van der Waals surface area contributed by atoms with Crippen LogP contribution >= 0.6 is 0 Å². The first-order valence-electron chi connectivity index (χ1n) is 2.62. The highest BCUT2D eigenvalue weighted by Gasteiger charge is 2.54. The number of aliphatic hydroxyl groups is 1. The predicted molar refractivity (Wildman–Crippen MR) is 38.1 cm³/mol. The van der Waals surface area contributed by atoms with Crippen LogP contribution < -0.4 is 10.9 Å². The summed E-state index contributed by atoms with van der Waals surface area (Å²) in [7, 11) is 0. The second-order valence-electron chi connectivity index (χ2n) is 1.94. The number of rotatable bonds is 4. The molecule has 5 N–H and O–H groups in total. The highest BCUT2D eigenvalue weighted by Crippen LogP contribution is 2.15. The van der Waals surface area contributed by atoms with Crippen LogP contribution in [-0.4, -0.2) is 25.5 Å². The molecule has 2 atom stereocenters. The van der Waals surface area contributed by atoms with Gasteiger partial charge in [0.15, 0.2) is 17.8 Å². The largest absolute Gasteiger partial charge is 0.590 e. The van der Waals surface area contributed by atoms with Crippen molar-refractivity contribution in [3.63, 3.8) is 0 Å². The minimum atomic E-state index is -2.98. The van der Waals surface area contributed by atoms with E-state index in [1.54, 1.807) is 0 Å². The molecule has 0 aliphatic heterocycles. The molecule has 0 radical (unpaired) electrons. The number of nitro groups is 1. The van der Waals surface area contributed by atoms with E-state index in [2.05, 4.69) is 10.9 Å². The van der Waals surface area contributed by atoms with Gasteiger partial charge in [0.05, 0.1) is 0 Å². The molecule has 0 saturated heterocycles. The van der Waals surface area contributed by atoms with E-state index in [1.165, 1.54) is 0 Å². The molecule has 70 valence electrons. The number of amides is 1. The molecular weight excluding hydrogens is 190 g/mol. The minimum absolute atomic E-state index is 1.08. The number of hydrogen-bond donors (Lipinski definition) is 3. The highest BCUT2D eigenvalue weighted by atomic mass is 32.2. The summed E-state index contributed by atoms with van der Waals surface area (Å²) in [5.74, 6) is -1.16. The zero-order valence-corrected chi connectivity index (χ0v) is 6.61. The molecule has 9 heteroatoms. The van der Waals surface area contributed by atoms with Crippen molar-refractivity contribution in [3.8, 4) is 0 Å². The van der Waals surface area contributed by atoms with Crippen molar-refractivity contribution in [1.29, 1.82) is 0 Å². The lowest BCUT2D eigenvalue weighted by molar-refractivity contribution is -0.590. The summed E-state index contributed by atoms with van der Waals surface area (Å²) < 4.78 is 10.4. The van der Waals surface area contributed by atoms with Gasteiger partial charge < -0.3 is 10.3 Å². The zero-order valence-electron chi connectivity index (χ0n) is 5.80. The number of nitrogens with zero attached hydrogens (tertiary/aromatic N) is 1. The van der Waals surface area contributed by atoms with Crippen LogP contribution in [0.15, 0.2) is 0 Å². The number of nitrogens with two attached hydrogens (primary N) is 2. The first-order chi connectivity index (χ1) is 5.30. The smallest absolute Gasteiger partial charge is 0.503 e. The van der Waals surface area contributed by atoms with E-state index >= 15 is 0 Å². The average Bonchev–Trinajstić information content (AvgIpc) is 1.84. The molecule has 0 aromatic heterocycles. The second-order valence-corrected chi connectivity index (χ2v) is 3.19. The van der Waals surface area contributed by atoms with Crippen molar-refractivity contribution in [2.24, 2.45) is 10.9 Å². The van der Waals surface area contributed by atoms with Gasteiger partial charge >= 0.3 is 5.06 Å². The van der Waals surface area contributed by atoms with Gasteiger partial charge in [-0.25, -0.2) is 0 Å². The van der Waals surface area contributed by atoms with Crippen LogP contribution in [0.5, 0.6) is 0 Å². The molecular formula is C3H7N3O5S. The Kier molecular flexibility index (Phi) is 3.39. The van der Waals surface area contributed by atoms with Crippen molar-refractivity contribution < 1.29 is 19.4 Å². The number of carbonyl (C=O) groups is 1. The molecule has 0 aromatic rings. The van der Waals surface area contributed by atoms with Crippen LogP contribution in [0.3, 0.4) is 0 Å². The minimum Gasteiger partial charge on any atom is -0.590 e. The predicted octanol–water partition coefficient (Wildman–Crippen LogP) is -2.59. The molecule has 12 heavy (non-hydrogen) atoms. The number of hydrogen-bond acceptors (Lipinski definition) is 6. The van der Waals surface area contributed by atoms with Crippen LogP contribution in [0, 0.1) is 10.1 Å². The summed E-state index contributed by atoms with van der Waals surface area (Å²) in [6, 6.07) is 0. The van der Waals surface area contributed by atoms with E-state index in [0.29, 0.717) is 0 Å². The van der Waals surface area contributed by atoms with Crippen molar-refractivity contribution in [3.05, 3.63) is 10.1 Å². The van der Waals surface area contributed by atoms with E-state index in [0.717, 1.165) is 0 Å². The van der Waals surface area contributed by atoms with Gasteiger partial charge in [0.25, 0.3) is 0 Å². The van der Waals surface area contributed by atoms with Gasteiger partial charge in [0.2, 0.25) is 5.91 Å². The van der Waals surface area contributed by atoms with Crippen molar-refractivity contribution in [1.82, 2.24) is 0 Å². The first-order valence-corrected chi connectivity index (χ1v) is 3.83. The van der Waals surface area contributed by atoms with Crippen molar-refractivity contribution in [2.75, 3.05) is 0 Å². The Balaban J connectivity index is 4.62. The Labute approximate surface area is 70.0 Å². The molecule has 0 saturated carbocycles. The maximum atomic E-state index is 10.4. The van der Waals surface area contributed by atoms with Crippen LogP contribution in [0.4, 0.5) is 0 Å². The highest BCUT2D eigenvalue weighted by molar-refractivity contribution is 7.90. The Morgan fingerprint density at radius 2 is 2.17 bits per heavy atom. The third-order valence-electron chi connectivity index (χ3n) is 1.01. The van der Waals surface area contributed by atoms with E-state index in [9.17, 15) is 19.5 Å². The lowest BCUT2D eigenvalue weighted by Crippen LogP contribution is -2.52. The molecule has 2 unspecified atom stereocenters. The quantitative estimate of drug-likeness (QED) is 0.194. The van der Waals surface area contributed by atoms with E-state index in [1.807, 2.05) is 0 Å². The van der Waals surface area contributed by atoms with Crippen LogP contribution in [-0.2, 0) is 16.2 Å². The summed E-state index contributed by atoms with van der Waals surface area (Å²) >= 11 is -2.66. The normalized spacial score (nSPS) is 17.9. The van der Waals surface area contributed by atoms with Gasteiger partial charge in [-0.1, -0.05) is 0 Å². The number of carbonyl (C=O) groups excluding carboxylic acids is 1. The summed E-state index contributed by atoms with van der Waals surface area (Å²) in [6.07, 6.45) is -1.08. The third kappa shape index (κ3) is 2.30. The molecule has 8 nitrogen and oxygen atoms in total. The molecule has 0 aromatic carbocycles. The Morgan fingerprint density at radius 3 is 2.25 bits per heavy atom. The molecule has 0 aliphatic rings. The van der Waals surface area contributed by atoms with Gasteiger partial charge in [-0.15, -0.1) is 5.14 Å². The molecule has 0 heterocycles. The van der Waals surface area contributed by atoms with Gasteiger partial charge in [0.1, 0.15) is 4.92 Å². The fraction of sp³-hybridized carbons (Fsp3) is 0.667. The van der Waals surface area contributed by atoms with Gasteiger partial charge in [-0.3, -0.25) is 20.0 Å². The van der Waals surface area contributed by atoms with E-state index in [4.69, 9.17) is 5.11 Å². The average molecular weight is 197 g/mol. The maximum Gasteiger partial charge on any atom is 0.503 e. The molecule has 0 fully saturated rings. The Bertz CT molecular complexity index is 208. The van der Waals surface area contributed by atoms with E-state index in [-0.39, 0.29) is 0 Å². The SMILES string of the molecule is NC(=O)CC(O)([N+](=O)[O-])[S+](N)[O-]. The fourth-order valence-electron chi connectivity index (χ4n) is 0.436. The van der Waals surface area contributed by atoms with Crippen LogP contribution in [0.2, 0.25) is 0 Å². The van der Waals surface area contributed by atoms with Gasteiger partial charge in [-0.2, -0.15) is 0 Å². The first kappa shape index (κ1) is 11.1. The van der Waals surface area contributed by atoms with Crippen molar-refractivity contribution >= 4 is 17.3 Å². The number of primary amides is 1. The molecule has 1 amide bonds. The standard InChI is InChI=1S/C3H7N3O5S/c4-2(7)1-3(8,6(9)10)12(5)11/h8H,1,5H2,(H2,4,7). The Morgan fingerprint density at radius 1 is 1.75 bits per heavy atom.